The maximum absolute atomic E-state index is 11.9. The van der Waals surface area contributed by atoms with Gasteiger partial charge in [-0.1, -0.05) is 44.2 Å². The van der Waals surface area contributed by atoms with Crippen molar-refractivity contribution in [1.29, 1.82) is 0 Å². The molecule has 0 atom stereocenters. The summed E-state index contributed by atoms with van der Waals surface area (Å²) in [6, 6.07) is 13.3. The van der Waals surface area contributed by atoms with Crippen LogP contribution in [-0.4, -0.2) is 28.5 Å². The van der Waals surface area contributed by atoms with Crippen molar-refractivity contribution in [2.24, 2.45) is 0 Å². The maximum atomic E-state index is 11.9. The van der Waals surface area contributed by atoms with Crippen molar-refractivity contribution in [3.8, 4) is 5.75 Å². The van der Waals surface area contributed by atoms with E-state index < -0.39 is 16.7 Å². The van der Waals surface area contributed by atoms with Crippen LogP contribution in [0.5, 0.6) is 5.75 Å². The zero-order valence-electron chi connectivity index (χ0n) is 17.0. The normalized spacial score (nSPS) is 10.5. The lowest BCUT2D eigenvalue weighted by molar-refractivity contribution is -0.384. The van der Waals surface area contributed by atoms with Crippen molar-refractivity contribution in [3.63, 3.8) is 0 Å². The Balaban J connectivity index is 1.77. The number of hydrogen-bond acceptors (Lipinski definition) is 6. The van der Waals surface area contributed by atoms with E-state index in [1.54, 1.807) is 12.1 Å². The molecule has 31 heavy (non-hydrogen) atoms. The van der Waals surface area contributed by atoms with Gasteiger partial charge in [0.2, 0.25) is 5.91 Å². The summed E-state index contributed by atoms with van der Waals surface area (Å²) in [6.45, 7) is 3.82. The molecule has 2 aromatic carbocycles. The first kappa shape index (κ1) is 23.5. The van der Waals surface area contributed by atoms with Gasteiger partial charge in [-0.2, -0.15) is 0 Å². The second-order valence-corrected chi connectivity index (χ2v) is 7.07. The number of para-hydroxylation sites is 1. The zero-order valence-corrected chi connectivity index (χ0v) is 17.8. The summed E-state index contributed by atoms with van der Waals surface area (Å²) in [6.07, 6.45) is 2.57. The number of amides is 2. The molecule has 2 aromatic rings. The molecule has 2 rings (SSSR count). The summed E-state index contributed by atoms with van der Waals surface area (Å²) in [7, 11) is 0. The first-order chi connectivity index (χ1) is 14.8. The van der Waals surface area contributed by atoms with Gasteiger partial charge in [0.05, 0.1) is 4.92 Å². The minimum atomic E-state index is -0.569. The van der Waals surface area contributed by atoms with Crippen LogP contribution in [0.2, 0.25) is 0 Å². The summed E-state index contributed by atoms with van der Waals surface area (Å²) in [5, 5.41) is 13.0. The molecule has 2 amide bonds. The predicted molar refractivity (Wildman–Crippen MR) is 120 cm³/mol. The van der Waals surface area contributed by atoms with E-state index in [0.29, 0.717) is 11.3 Å². The van der Waals surface area contributed by atoms with Gasteiger partial charge in [0.1, 0.15) is 5.75 Å². The molecule has 0 aliphatic rings. The number of carbonyl (C=O) groups is 2. The van der Waals surface area contributed by atoms with E-state index in [-0.39, 0.29) is 23.3 Å². The zero-order chi connectivity index (χ0) is 22.8. The molecule has 0 aliphatic heterocycles. The monoisotopic (exact) mass is 442 g/mol. The molecule has 3 N–H and O–H groups in total. The number of thiocarbonyl (C=S) groups is 1. The average molecular weight is 442 g/mol. The molecular weight excluding hydrogens is 420 g/mol. The van der Waals surface area contributed by atoms with Crippen LogP contribution in [0.3, 0.4) is 0 Å². The van der Waals surface area contributed by atoms with Crippen molar-refractivity contribution in [3.05, 3.63) is 75.8 Å². The summed E-state index contributed by atoms with van der Waals surface area (Å²) in [5.41, 5.74) is 6.12. The fraction of sp³-hybridized carbons (Fsp3) is 0.190. The molecule has 0 radical (unpaired) electrons. The van der Waals surface area contributed by atoms with E-state index >= 15 is 0 Å². The summed E-state index contributed by atoms with van der Waals surface area (Å²) in [5.74, 6) is -0.187. The van der Waals surface area contributed by atoms with Gasteiger partial charge in [-0.25, -0.2) is 0 Å². The van der Waals surface area contributed by atoms with Crippen LogP contribution in [-0.2, 0) is 9.59 Å². The first-order valence-electron chi connectivity index (χ1n) is 9.30. The van der Waals surface area contributed by atoms with Crippen LogP contribution < -0.4 is 20.9 Å². The molecule has 0 saturated carbocycles. The smallest absolute Gasteiger partial charge is 0.276 e. The van der Waals surface area contributed by atoms with E-state index in [4.69, 9.17) is 17.0 Å². The van der Waals surface area contributed by atoms with Crippen LogP contribution in [0.15, 0.2) is 54.6 Å². The number of hydrogen-bond donors (Lipinski definition) is 3. The van der Waals surface area contributed by atoms with Crippen molar-refractivity contribution in [2.75, 3.05) is 6.61 Å². The fourth-order valence-electron chi connectivity index (χ4n) is 2.49. The lowest BCUT2D eigenvalue weighted by atomic mass is 10.0. The number of hydrazine groups is 1. The van der Waals surface area contributed by atoms with Crippen molar-refractivity contribution < 1.29 is 19.2 Å². The van der Waals surface area contributed by atoms with Gasteiger partial charge >= 0.3 is 0 Å². The molecule has 0 bridgehead atoms. The maximum Gasteiger partial charge on any atom is 0.276 e. The molecule has 0 aliphatic carbocycles. The average Bonchev–Trinajstić information content (AvgIpc) is 2.75. The van der Waals surface area contributed by atoms with E-state index in [0.717, 1.165) is 5.56 Å². The Labute approximate surface area is 184 Å². The second-order valence-electron chi connectivity index (χ2n) is 6.66. The third-order valence-corrected chi connectivity index (χ3v) is 4.16. The number of carbonyl (C=O) groups excluding carboxylic acids is 2. The molecule has 9 nitrogen and oxygen atoms in total. The topological polar surface area (TPSA) is 123 Å². The largest absolute Gasteiger partial charge is 0.483 e. The van der Waals surface area contributed by atoms with E-state index in [1.165, 1.54) is 30.4 Å². The number of nitro benzene ring substituents is 1. The molecule has 0 unspecified atom stereocenters. The molecular formula is C21H22N4O5S. The van der Waals surface area contributed by atoms with E-state index in [9.17, 15) is 19.7 Å². The van der Waals surface area contributed by atoms with Crippen LogP contribution in [0.1, 0.15) is 30.9 Å². The Morgan fingerprint density at radius 1 is 1.16 bits per heavy atom. The quantitative estimate of drug-likeness (QED) is 0.261. The Hall–Kier alpha value is -3.79. The van der Waals surface area contributed by atoms with Gasteiger partial charge in [0, 0.05) is 18.2 Å². The standard InChI is InChI=1S/C21H22N4O5S/c1-14(2)17-8-3-4-9-18(17)30-13-20(27)23-24-21(31)22-19(26)11-10-15-6-5-7-16(12-15)25(28)29/h3-12,14H,13H2,1-2H3,(H,23,27)(H2,22,24,26,31)/b11-10+. The third kappa shape index (κ3) is 7.86. The lowest BCUT2D eigenvalue weighted by Gasteiger charge is -2.14. The Kier molecular flexibility index (Phi) is 8.64. The summed E-state index contributed by atoms with van der Waals surface area (Å²) >= 11 is 4.95. The Morgan fingerprint density at radius 3 is 2.61 bits per heavy atom. The van der Waals surface area contributed by atoms with Gasteiger partial charge in [-0.15, -0.1) is 0 Å². The molecule has 0 saturated heterocycles. The summed E-state index contributed by atoms with van der Waals surface area (Å²) < 4.78 is 5.55. The molecule has 162 valence electrons. The molecule has 0 spiro atoms. The molecule has 0 fully saturated rings. The molecule has 10 heteroatoms. The Bertz CT molecular complexity index is 1010. The predicted octanol–water partition coefficient (Wildman–Crippen LogP) is 2.83. The molecule has 0 heterocycles. The van der Waals surface area contributed by atoms with E-state index in [1.807, 2.05) is 32.0 Å². The molecule has 0 aromatic heterocycles. The highest BCUT2D eigenvalue weighted by molar-refractivity contribution is 7.80. The fourth-order valence-corrected chi connectivity index (χ4v) is 2.65. The number of ether oxygens (including phenoxy) is 1. The number of nitro groups is 1. The number of nitrogens with one attached hydrogen (secondary N) is 3. The highest BCUT2D eigenvalue weighted by Gasteiger charge is 2.10. The lowest BCUT2D eigenvalue weighted by Crippen LogP contribution is -2.49. The van der Waals surface area contributed by atoms with Gasteiger partial charge in [-0.05, 0) is 41.4 Å². The van der Waals surface area contributed by atoms with Gasteiger partial charge in [0.15, 0.2) is 11.7 Å². The van der Waals surface area contributed by atoms with Crippen molar-refractivity contribution >= 4 is 40.9 Å². The van der Waals surface area contributed by atoms with Crippen molar-refractivity contribution in [1.82, 2.24) is 16.2 Å². The van der Waals surface area contributed by atoms with Gasteiger partial charge in [0.25, 0.3) is 11.6 Å². The Morgan fingerprint density at radius 2 is 1.90 bits per heavy atom. The van der Waals surface area contributed by atoms with E-state index in [2.05, 4.69) is 16.2 Å². The minimum absolute atomic E-state index is 0.0827. The number of nitrogens with zero attached hydrogens (tertiary/aromatic N) is 1. The van der Waals surface area contributed by atoms with Crippen LogP contribution >= 0.6 is 12.2 Å². The SMILES string of the molecule is CC(C)c1ccccc1OCC(=O)NNC(=S)NC(=O)/C=C/c1cccc([N+](=O)[O-])c1. The minimum Gasteiger partial charge on any atom is -0.483 e. The van der Waals surface area contributed by atoms with Crippen LogP contribution in [0, 0.1) is 10.1 Å². The van der Waals surface area contributed by atoms with Crippen LogP contribution in [0.4, 0.5) is 5.69 Å². The highest BCUT2D eigenvalue weighted by atomic mass is 32.1. The summed E-state index contributed by atoms with van der Waals surface area (Å²) in [4.78, 5) is 34.1. The number of non-ortho nitro benzene ring substituents is 1. The first-order valence-corrected chi connectivity index (χ1v) is 9.71. The van der Waals surface area contributed by atoms with Gasteiger partial charge < -0.3 is 4.74 Å². The third-order valence-electron chi connectivity index (χ3n) is 3.96. The van der Waals surface area contributed by atoms with Crippen LogP contribution in [0.25, 0.3) is 6.08 Å². The highest BCUT2D eigenvalue weighted by Crippen LogP contribution is 2.25. The number of rotatable bonds is 7. The van der Waals surface area contributed by atoms with Gasteiger partial charge in [-0.3, -0.25) is 35.9 Å². The van der Waals surface area contributed by atoms with Crippen molar-refractivity contribution in [2.45, 2.75) is 19.8 Å². The second kappa shape index (κ2) is 11.4. The number of benzene rings is 2.